The summed E-state index contributed by atoms with van der Waals surface area (Å²) in [6.45, 7) is 0.231. The number of methoxy groups -OCH3 is 1. The number of amides is 1. The Morgan fingerprint density at radius 1 is 1.31 bits per heavy atom. The third-order valence-corrected chi connectivity index (χ3v) is 4.60. The number of carbonyl (C=O) groups excluding carboxylic acids is 1. The highest BCUT2D eigenvalue weighted by molar-refractivity contribution is 5.94. The Morgan fingerprint density at radius 3 is 2.65 bits per heavy atom. The van der Waals surface area contributed by atoms with Crippen LogP contribution in [0.1, 0.15) is 34.3 Å². The van der Waals surface area contributed by atoms with Crippen LogP contribution in [0.15, 0.2) is 41.3 Å². The molecule has 5 nitrogen and oxygen atoms in total. The number of alkyl halides is 3. The maximum absolute atomic E-state index is 12.8. The number of aromatic amines is 1. The highest BCUT2D eigenvalue weighted by Crippen LogP contribution is 2.48. The van der Waals surface area contributed by atoms with Gasteiger partial charge in [-0.15, -0.1) is 0 Å². The minimum atomic E-state index is -4.64. The first-order chi connectivity index (χ1) is 12.2. The lowest BCUT2D eigenvalue weighted by atomic mass is 9.95. The van der Waals surface area contributed by atoms with E-state index in [1.165, 1.54) is 0 Å². The van der Waals surface area contributed by atoms with Gasteiger partial charge in [0.25, 0.3) is 11.5 Å². The lowest BCUT2D eigenvalue weighted by Crippen LogP contribution is -2.35. The molecule has 1 saturated carbocycles. The topological polar surface area (TPSA) is 71.2 Å². The number of rotatable bonds is 5. The van der Waals surface area contributed by atoms with Crippen molar-refractivity contribution >= 4 is 5.91 Å². The summed E-state index contributed by atoms with van der Waals surface area (Å²) < 4.78 is 43.5. The van der Waals surface area contributed by atoms with Crippen LogP contribution in [-0.2, 0) is 11.6 Å². The van der Waals surface area contributed by atoms with Crippen LogP contribution in [0.3, 0.4) is 0 Å². The zero-order valence-electron chi connectivity index (χ0n) is 13.9. The maximum atomic E-state index is 12.8. The Kier molecular flexibility index (Phi) is 4.52. The van der Waals surface area contributed by atoms with Crippen molar-refractivity contribution < 1.29 is 22.7 Å². The second kappa shape index (κ2) is 6.51. The van der Waals surface area contributed by atoms with Crippen LogP contribution in [0, 0.1) is 0 Å². The summed E-state index contributed by atoms with van der Waals surface area (Å²) in [4.78, 5) is 25.9. The third kappa shape index (κ3) is 3.58. The molecule has 138 valence electrons. The molecule has 0 radical (unpaired) electrons. The van der Waals surface area contributed by atoms with E-state index in [0.29, 0.717) is 18.0 Å². The first-order valence-electron chi connectivity index (χ1n) is 7.98. The lowest BCUT2D eigenvalue weighted by molar-refractivity contribution is -0.137. The van der Waals surface area contributed by atoms with E-state index in [1.807, 2.05) is 23.2 Å². The number of benzene rings is 1. The molecular formula is C18H17F3N2O3. The summed E-state index contributed by atoms with van der Waals surface area (Å²) in [6, 6.07) is 8.00. The SMILES string of the molecule is COc1cccc(C2(CNC(=O)c3cc(C(F)(F)F)c[nH]c3=O)CC2)c1. The van der Waals surface area contributed by atoms with Crippen molar-refractivity contribution in [3.63, 3.8) is 0 Å². The van der Waals surface area contributed by atoms with Crippen molar-refractivity contribution in [2.75, 3.05) is 13.7 Å². The zero-order chi connectivity index (χ0) is 18.9. The van der Waals surface area contributed by atoms with Crippen molar-refractivity contribution in [2.24, 2.45) is 0 Å². The maximum Gasteiger partial charge on any atom is 0.417 e. The molecule has 1 aliphatic rings. The molecule has 3 rings (SSSR count). The van der Waals surface area contributed by atoms with Crippen LogP contribution in [0.4, 0.5) is 13.2 Å². The Morgan fingerprint density at radius 2 is 2.04 bits per heavy atom. The van der Waals surface area contributed by atoms with E-state index in [-0.39, 0.29) is 12.0 Å². The molecule has 0 unspecified atom stereocenters. The number of H-pyrrole nitrogens is 1. The first-order valence-corrected chi connectivity index (χ1v) is 7.98. The average molecular weight is 366 g/mol. The van der Waals surface area contributed by atoms with Gasteiger partial charge in [0.2, 0.25) is 0 Å². The van der Waals surface area contributed by atoms with Gasteiger partial charge >= 0.3 is 6.18 Å². The molecule has 0 saturated heterocycles. The van der Waals surface area contributed by atoms with Crippen molar-refractivity contribution in [1.29, 1.82) is 0 Å². The molecule has 2 aromatic rings. The molecule has 1 aliphatic carbocycles. The van der Waals surface area contributed by atoms with Crippen LogP contribution in [0.25, 0.3) is 0 Å². The van der Waals surface area contributed by atoms with Crippen LogP contribution >= 0.6 is 0 Å². The summed E-state index contributed by atoms with van der Waals surface area (Å²) >= 11 is 0. The molecule has 0 spiro atoms. The molecule has 26 heavy (non-hydrogen) atoms. The fourth-order valence-electron chi connectivity index (χ4n) is 2.83. The predicted octanol–water partition coefficient (Wildman–Crippen LogP) is 2.86. The number of hydrogen-bond donors (Lipinski definition) is 2. The van der Waals surface area contributed by atoms with E-state index in [4.69, 9.17) is 4.74 Å². The Balaban J connectivity index is 1.76. The second-order valence-electron chi connectivity index (χ2n) is 6.32. The van der Waals surface area contributed by atoms with Gasteiger partial charge < -0.3 is 15.0 Å². The predicted molar refractivity (Wildman–Crippen MR) is 88.3 cm³/mol. The van der Waals surface area contributed by atoms with Gasteiger partial charge in [-0.2, -0.15) is 13.2 Å². The van der Waals surface area contributed by atoms with Crippen molar-refractivity contribution in [3.05, 3.63) is 63.6 Å². The minimum Gasteiger partial charge on any atom is -0.497 e. The normalized spacial score (nSPS) is 15.4. The Hall–Kier alpha value is -2.77. The summed E-state index contributed by atoms with van der Waals surface area (Å²) in [5.41, 5.74) is -1.78. The standard InChI is InChI=1S/C18H17F3N2O3/c1-26-13-4-2-3-11(7-13)17(5-6-17)10-23-16(25)14-8-12(18(19,20)21)9-22-15(14)24/h2-4,7-9H,5-6,10H2,1H3,(H,22,24)(H,23,25). The molecule has 1 aromatic heterocycles. The Labute approximate surface area is 147 Å². The van der Waals surface area contributed by atoms with Gasteiger partial charge in [0, 0.05) is 18.2 Å². The van der Waals surface area contributed by atoms with Gasteiger partial charge in [-0.1, -0.05) is 12.1 Å². The van der Waals surface area contributed by atoms with E-state index in [0.717, 1.165) is 18.4 Å². The summed E-state index contributed by atoms with van der Waals surface area (Å²) in [5.74, 6) is -0.138. The molecule has 0 atom stereocenters. The summed E-state index contributed by atoms with van der Waals surface area (Å²) in [5, 5.41) is 2.59. The van der Waals surface area contributed by atoms with Gasteiger partial charge in [-0.25, -0.2) is 0 Å². The first kappa shape index (κ1) is 18.0. The number of hydrogen-bond acceptors (Lipinski definition) is 3. The van der Waals surface area contributed by atoms with E-state index in [1.54, 1.807) is 13.2 Å². The molecule has 1 amide bonds. The fourth-order valence-corrected chi connectivity index (χ4v) is 2.83. The van der Waals surface area contributed by atoms with E-state index in [2.05, 4.69) is 5.32 Å². The van der Waals surface area contributed by atoms with Crippen molar-refractivity contribution in [2.45, 2.75) is 24.4 Å². The quantitative estimate of drug-likeness (QED) is 0.855. The number of ether oxygens (including phenoxy) is 1. The monoisotopic (exact) mass is 366 g/mol. The van der Waals surface area contributed by atoms with Gasteiger partial charge in [0.15, 0.2) is 0 Å². The molecule has 1 aromatic carbocycles. The third-order valence-electron chi connectivity index (χ3n) is 4.60. The van der Waals surface area contributed by atoms with Crippen LogP contribution in [-0.4, -0.2) is 24.5 Å². The molecule has 0 aliphatic heterocycles. The number of carbonyl (C=O) groups is 1. The summed E-state index contributed by atoms with van der Waals surface area (Å²) in [7, 11) is 1.56. The molecule has 0 bridgehead atoms. The highest BCUT2D eigenvalue weighted by Gasteiger charge is 2.44. The van der Waals surface area contributed by atoms with Crippen LogP contribution in [0.5, 0.6) is 5.75 Å². The lowest BCUT2D eigenvalue weighted by Gasteiger charge is -2.17. The number of halogens is 3. The number of pyridine rings is 1. The smallest absolute Gasteiger partial charge is 0.417 e. The second-order valence-corrected chi connectivity index (χ2v) is 6.32. The molecule has 8 heteroatoms. The van der Waals surface area contributed by atoms with Gasteiger partial charge in [0.05, 0.1) is 12.7 Å². The van der Waals surface area contributed by atoms with Crippen molar-refractivity contribution in [3.8, 4) is 5.75 Å². The number of aromatic nitrogens is 1. The van der Waals surface area contributed by atoms with Crippen LogP contribution in [0.2, 0.25) is 0 Å². The molecule has 2 N–H and O–H groups in total. The molecule has 1 heterocycles. The largest absolute Gasteiger partial charge is 0.497 e. The fraction of sp³-hybridized carbons (Fsp3) is 0.333. The van der Waals surface area contributed by atoms with E-state index >= 15 is 0 Å². The molecule has 1 fully saturated rings. The zero-order valence-corrected chi connectivity index (χ0v) is 13.9. The van der Waals surface area contributed by atoms with Crippen molar-refractivity contribution in [1.82, 2.24) is 10.3 Å². The van der Waals surface area contributed by atoms with Crippen LogP contribution < -0.4 is 15.6 Å². The Bertz CT molecular complexity index is 886. The van der Waals surface area contributed by atoms with Gasteiger partial charge in [-0.3, -0.25) is 9.59 Å². The number of nitrogens with one attached hydrogen (secondary N) is 2. The minimum absolute atomic E-state index is 0.231. The van der Waals surface area contributed by atoms with E-state index in [9.17, 15) is 22.8 Å². The van der Waals surface area contributed by atoms with Gasteiger partial charge in [-0.05, 0) is 36.6 Å². The highest BCUT2D eigenvalue weighted by atomic mass is 19.4. The molecular weight excluding hydrogens is 349 g/mol. The van der Waals surface area contributed by atoms with Gasteiger partial charge in [0.1, 0.15) is 11.3 Å². The van der Waals surface area contributed by atoms with E-state index < -0.39 is 28.8 Å². The summed E-state index contributed by atoms with van der Waals surface area (Å²) in [6.07, 6.45) is -2.42. The average Bonchev–Trinajstić information content (AvgIpc) is 3.40.